The second-order valence-corrected chi connectivity index (χ2v) is 5.33. The van der Waals surface area contributed by atoms with Gasteiger partial charge in [0.1, 0.15) is 5.82 Å². The van der Waals surface area contributed by atoms with Crippen molar-refractivity contribution in [2.75, 3.05) is 18.9 Å². The van der Waals surface area contributed by atoms with Gasteiger partial charge in [0.25, 0.3) is 0 Å². The van der Waals surface area contributed by atoms with Crippen molar-refractivity contribution in [1.82, 2.24) is 4.98 Å². The Bertz CT molecular complexity index is 572. The summed E-state index contributed by atoms with van der Waals surface area (Å²) in [6.07, 6.45) is 2.68. The molecule has 0 aliphatic carbocycles. The molecule has 0 amide bonds. The van der Waals surface area contributed by atoms with Crippen molar-refractivity contribution < 1.29 is 9.47 Å². The van der Waals surface area contributed by atoms with Gasteiger partial charge in [0.2, 0.25) is 0 Å². The van der Waals surface area contributed by atoms with Crippen LogP contribution in [-0.2, 0) is 0 Å². The molecule has 19 heavy (non-hydrogen) atoms. The Hall–Kier alpha value is -1.88. The predicted molar refractivity (Wildman–Crippen MR) is 74.8 cm³/mol. The second kappa shape index (κ2) is 5.40. The Kier molecular flexibility index (Phi) is 3.46. The van der Waals surface area contributed by atoms with Gasteiger partial charge >= 0.3 is 0 Å². The number of nitrogens with zero attached hydrogens (tertiary/aromatic N) is 1. The third kappa shape index (κ3) is 2.93. The quantitative estimate of drug-likeness (QED) is 0.912. The van der Waals surface area contributed by atoms with E-state index in [1.807, 2.05) is 24.3 Å². The molecule has 1 aromatic carbocycles. The molecule has 98 valence electrons. The van der Waals surface area contributed by atoms with Crippen LogP contribution in [-0.4, -0.2) is 18.2 Å². The average molecular weight is 274 g/mol. The summed E-state index contributed by atoms with van der Waals surface area (Å²) in [6, 6.07) is 9.73. The summed E-state index contributed by atoms with van der Waals surface area (Å²) in [5.74, 6) is 2.16. The third-order valence-electron chi connectivity index (χ3n) is 2.71. The Balaban J connectivity index is 1.81. The van der Waals surface area contributed by atoms with Gasteiger partial charge in [-0.05, 0) is 30.3 Å². The molecule has 0 saturated carbocycles. The van der Waals surface area contributed by atoms with Gasteiger partial charge in [-0.1, -0.05) is 11.8 Å². The number of rotatable bonds is 2. The van der Waals surface area contributed by atoms with E-state index in [9.17, 15) is 0 Å². The van der Waals surface area contributed by atoms with Gasteiger partial charge in [0.05, 0.1) is 13.2 Å². The van der Waals surface area contributed by atoms with Crippen LogP contribution in [0.4, 0.5) is 5.82 Å². The molecule has 0 unspecified atom stereocenters. The molecule has 5 heteroatoms. The van der Waals surface area contributed by atoms with Crippen LogP contribution in [0.3, 0.4) is 0 Å². The average Bonchev–Trinajstić information content (AvgIpc) is 2.66. The summed E-state index contributed by atoms with van der Waals surface area (Å²) in [4.78, 5) is 6.22. The van der Waals surface area contributed by atoms with Crippen molar-refractivity contribution >= 4 is 17.6 Å². The van der Waals surface area contributed by atoms with Crippen LogP contribution in [0.25, 0.3) is 0 Å². The number of hydrogen-bond donors (Lipinski definition) is 1. The maximum atomic E-state index is 5.67. The first-order valence-electron chi connectivity index (χ1n) is 6.10. The van der Waals surface area contributed by atoms with Crippen LogP contribution >= 0.6 is 11.8 Å². The van der Waals surface area contributed by atoms with Crippen molar-refractivity contribution in [1.29, 1.82) is 0 Å². The second-order valence-electron chi connectivity index (χ2n) is 4.18. The van der Waals surface area contributed by atoms with Gasteiger partial charge in [-0.15, -0.1) is 0 Å². The van der Waals surface area contributed by atoms with Gasteiger partial charge < -0.3 is 15.2 Å². The Morgan fingerprint density at radius 1 is 1.00 bits per heavy atom. The highest BCUT2D eigenvalue weighted by atomic mass is 32.2. The van der Waals surface area contributed by atoms with Crippen LogP contribution in [0, 0.1) is 0 Å². The molecule has 0 saturated heterocycles. The summed E-state index contributed by atoms with van der Waals surface area (Å²) < 4.78 is 11.3. The van der Waals surface area contributed by atoms with E-state index in [-0.39, 0.29) is 0 Å². The smallest absolute Gasteiger partial charge is 0.162 e. The van der Waals surface area contributed by atoms with Crippen LogP contribution < -0.4 is 15.2 Å². The number of aromatic nitrogens is 1. The summed E-state index contributed by atoms with van der Waals surface area (Å²) in [5.41, 5.74) is 5.57. The maximum Gasteiger partial charge on any atom is 0.162 e. The lowest BCUT2D eigenvalue weighted by Gasteiger charge is -2.09. The number of benzene rings is 1. The zero-order chi connectivity index (χ0) is 13.1. The Labute approximate surface area is 115 Å². The lowest BCUT2D eigenvalue weighted by molar-refractivity contribution is 0.297. The van der Waals surface area contributed by atoms with E-state index in [2.05, 4.69) is 4.98 Å². The molecule has 1 aliphatic rings. The molecule has 2 heterocycles. The van der Waals surface area contributed by atoms with E-state index in [1.54, 1.807) is 24.0 Å². The minimum atomic E-state index is 0.531. The summed E-state index contributed by atoms with van der Waals surface area (Å²) in [5, 5.41) is 0. The number of ether oxygens (including phenoxy) is 2. The minimum absolute atomic E-state index is 0.531. The summed E-state index contributed by atoms with van der Waals surface area (Å²) in [6.45, 7) is 1.41. The molecule has 4 nitrogen and oxygen atoms in total. The largest absolute Gasteiger partial charge is 0.490 e. The van der Waals surface area contributed by atoms with Crippen molar-refractivity contribution in [3.8, 4) is 11.5 Å². The molecule has 2 aromatic rings. The zero-order valence-corrected chi connectivity index (χ0v) is 11.2. The molecular weight excluding hydrogens is 260 g/mol. The topological polar surface area (TPSA) is 57.4 Å². The highest BCUT2D eigenvalue weighted by molar-refractivity contribution is 7.99. The van der Waals surface area contributed by atoms with Gasteiger partial charge in [-0.3, -0.25) is 0 Å². The van der Waals surface area contributed by atoms with E-state index >= 15 is 0 Å². The number of nitrogen functional groups attached to an aromatic ring is 1. The van der Waals surface area contributed by atoms with Crippen molar-refractivity contribution in [2.24, 2.45) is 0 Å². The van der Waals surface area contributed by atoms with Gasteiger partial charge in [-0.25, -0.2) is 4.98 Å². The first-order chi connectivity index (χ1) is 9.31. The number of nitrogens with two attached hydrogens (primary N) is 1. The summed E-state index contributed by atoms with van der Waals surface area (Å²) in [7, 11) is 0. The van der Waals surface area contributed by atoms with Crippen LogP contribution in [0.15, 0.2) is 46.3 Å². The lowest BCUT2D eigenvalue weighted by Crippen LogP contribution is -1.97. The predicted octanol–water partition coefficient (Wildman–Crippen LogP) is 2.98. The van der Waals surface area contributed by atoms with Crippen LogP contribution in [0.1, 0.15) is 6.42 Å². The van der Waals surface area contributed by atoms with E-state index in [4.69, 9.17) is 15.2 Å². The van der Waals surface area contributed by atoms with Crippen molar-refractivity contribution in [3.05, 3.63) is 36.5 Å². The lowest BCUT2D eigenvalue weighted by atomic mass is 10.3. The molecule has 0 atom stereocenters. The van der Waals surface area contributed by atoms with Crippen LogP contribution in [0.2, 0.25) is 0 Å². The molecule has 1 aliphatic heterocycles. The standard InChI is InChI=1S/C14H14N2O2S/c15-14-5-3-11(9-16-14)19-10-2-4-12-13(8-10)18-7-1-6-17-12/h2-5,8-9H,1,6-7H2,(H2,15,16). The first-order valence-corrected chi connectivity index (χ1v) is 6.92. The number of hydrogen-bond acceptors (Lipinski definition) is 5. The van der Waals surface area contributed by atoms with Crippen molar-refractivity contribution in [3.63, 3.8) is 0 Å². The normalized spacial score (nSPS) is 13.9. The van der Waals surface area contributed by atoms with Crippen LogP contribution in [0.5, 0.6) is 11.5 Å². The van der Waals surface area contributed by atoms with E-state index in [0.717, 1.165) is 27.7 Å². The highest BCUT2D eigenvalue weighted by Gasteiger charge is 2.11. The Morgan fingerprint density at radius 2 is 1.79 bits per heavy atom. The highest BCUT2D eigenvalue weighted by Crippen LogP contribution is 2.36. The van der Waals surface area contributed by atoms with E-state index < -0.39 is 0 Å². The van der Waals surface area contributed by atoms with Gasteiger partial charge in [-0.2, -0.15) is 0 Å². The molecule has 0 bridgehead atoms. The molecule has 3 rings (SSSR count). The minimum Gasteiger partial charge on any atom is -0.490 e. The molecule has 1 aromatic heterocycles. The zero-order valence-electron chi connectivity index (χ0n) is 10.3. The number of fused-ring (bicyclic) bond motifs is 1. The fourth-order valence-corrected chi connectivity index (χ4v) is 2.61. The fraction of sp³-hybridized carbons (Fsp3) is 0.214. The first kappa shape index (κ1) is 12.2. The monoisotopic (exact) mass is 274 g/mol. The van der Waals surface area contributed by atoms with Crippen molar-refractivity contribution in [2.45, 2.75) is 16.2 Å². The Morgan fingerprint density at radius 3 is 2.58 bits per heavy atom. The molecular formula is C14H14N2O2S. The summed E-state index contributed by atoms with van der Waals surface area (Å²) >= 11 is 1.62. The molecule has 2 N–H and O–H groups in total. The molecule has 0 fully saturated rings. The van der Waals surface area contributed by atoms with Gasteiger partial charge in [0, 0.05) is 22.4 Å². The SMILES string of the molecule is Nc1ccc(Sc2ccc3c(c2)OCCCO3)cn1. The molecule has 0 radical (unpaired) electrons. The number of anilines is 1. The van der Waals surface area contributed by atoms with Gasteiger partial charge in [0.15, 0.2) is 11.5 Å². The fourth-order valence-electron chi connectivity index (χ4n) is 1.80. The maximum absolute atomic E-state index is 5.67. The van der Waals surface area contributed by atoms with E-state index in [1.165, 1.54) is 0 Å². The number of pyridine rings is 1. The van der Waals surface area contributed by atoms with E-state index in [0.29, 0.717) is 19.0 Å². The molecule has 0 spiro atoms. The third-order valence-corrected chi connectivity index (χ3v) is 3.68.